The van der Waals surface area contributed by atoms with Gasteiger partial charge >= 0.3 is 0 Å². The normalized spacial score (nSPS) is 12.5. The van der Waals surface area contributed by atoms with Crippen LogP contribution in [-0.4, -0.2) is 37.5 Å². The number of aryl methyl sites for hydroxylation is 1. The van der Waals surface area contributed by atoms with E-state index in [0.717, 1.165) is 12.2 Å². The number of rotatable bonds is 7. The van der Waals surface area contributed by atoms with Crippen LogP contribution in [-0.2, 0) is 4.74 Å². The molecule has 1 N–H and O–H groups in total. The summed E-state index contributed by atoms with van der Waals surface area (Å²) in [5.41, 5.74) is 2.39. The second-order valence-corrected chi connectivity index (χ2v) is 4.19. The van der Waals surface area contributed by atoms with E-state index in [9.17, 15) is 5.11 Å². The second kappa shape index (κ2) is 7.30. The summed E-state index contributed by atoms with van der Waals surface area (Å²) < 4.78 is 5.22. The van der Waals surface area contributed by atoms with E-state index in [-0.39, 0.29) is 0 Å². The molecule has 0 saturated heterocycles. The molecule has 1 aromatic rings. The Morgan fingerprint density at radius 1 is 1.35 bits per heavy atom. The van der Waals surface area contributed by atoms with Crippen LogP contribution in [0.2, 0.25) is 0 Å². The summed E-state index contributed by atoms with van der Waals surface area (Å²) in [6.07, 6.45) is -0.435. The van der Waals surface area contributed by atoms with Gasteiger partial charge in [-0.3, -0.25) is 0 Å². The van der Waals surface area contributed by atoms with E-state index in [1.54, 1.807) is 0 Å². The number of ether oxygens (including phenoxy) is 1. The Hall–Kier alpha value is -1.06. The third-order valence-corrected chi connectivity index (χ3v) is 2.69. The van der Waals surface area contributed by atoms with Gasteiger partial charge in [0.05, 0.1) is 12.7 Å². The van der Waals surface area contributed by atoms with Crippen LogP contribution in [0.25, 0.3) is 0 Å². The highest BCUT2D eigenvalue weighted by molar-refractivity contribution is 5.48. The Kier molecular flexibility index (Phi) is 6.01. The predicted octanol–water partition coefficient (Wildman–Crippen LogP) is 2.22. The van der Waals surface area contributed by atoms with Crippen LogP contribution in [0.1, 0.15) is 19.4 Å². The molecule has 0 saturated carbocycles. The van der Waals surface area contributed by atoms with Crippen molar-refractivity contribution < 1.29 is 9.84 Å². The van der Waals surface area contributed by atoms with Crippen LogP contribution in [0, 0.1) is 6.92 Å². The summed E-state index contributed by atoms with van der Waals surface area (Å²) in [6.45, 7) is 8.65. The van der Waals surface area contributed by atoms with Crippen LogP contribution in [0.4, 0.5) is 5.69 Å². The van der Waals surface area contributed by atoms with Gasteiger partial charge in [-0.2, -0.15) is 0 Å². The minimum atomic E-state index is -0.435. The maximum absolute atomic E-state index is 9.85. The van der Waals surface area contributed by atoms with Gasteiger partial charge in [0.1, 0.15) is 0 Å². The molecule has 0 aliphatic heterocycles. The highest BCUT2D eigenvalue weighted by atomic mass is 16.5. The zero-order valence-corrected chi connectivity index (χ0v) is 11.0. The molecule has 96 valence electrons. The van der Waals surface area contributed by atoms with Gasteiger partial charge in [0.2, 0.25) is 0 Å². The van der Waals surface area contributed by atoms with Crippen molar-refractivity contribution in [2.24, 2.45) is 0 Å². The van der Waals surface area contributed by atoms with Gasteiger partial charge in [-0.25, -0.2) is 0 Å². The molecule has 0 radical (unpaired) electrons. The summed E-state index contributed by atoms with van der Waals surface area (Å²) in [6, 6.07) is 8.33. The lowest BCUT2D eigenvalue weighted by atomic mass is 10.2. The molecule has 17 heavy (non-hydrogen) atoms. The fraction of sp³-hybridized carbons (Fsp3) is 0.571. The first kappa shape index (κ1) is 14.0. The number of aliphatic hydroxyl groups is 1. The van der Waals surface area contributed by atoms with Crippen LogP contribution in [0.5, 0.6) is 0 Å². The third kappa shape index (κ3) is 4.75. The predicted molar refractivity (Wildman–Crippen MR) is 71.6 cm³/mol. The lowest BCUT2D eigenvalue weighted by molar-refractivity contribution is 0.0464. The quantitative estimate of drug-likeness (QED) is 0.789. The average molecular weight is 237 g/mol. The molecule has 0 amide bonds. The number of hydrogen-bond acceptors (Lipinski definition) is 3. The zero-order chi connectivity index (χ0) is 12.7. The molecule has 3 heteroatoms. The molecule has 1 atom stereocenters. The van der Waals surface area contributed by atoms with Crippen LogP contribution < -0.4 is 4.90 Å². The standard InChI is InChI=1S/C14H23NO2/c1-4-15(10-14(16)11-17-5-2)13-8-6-7-12(3)9-13/h6-9,14,16H,4-5,10-11H2,1-3H3. The van der Waals surface area contributed by atoms with Crippen molar-refractivity contribution >= 4 is 5.69 Å². The number of likely N-dealkylation sites (N-methyl/N-ethyl adjacent to an activating group) is 1. The number of aliphatic hydroxyl groups excluding tert-OH is 1. The van der Waals surface area contributed by atoms with Crippen molar-refractivity contribution in [3.8, 4) is 0 Å². The maximum Gasteiger partial charge on any atom is 0.0947 e. The molecule has 0 bridgehead atoms. The molecule has 0 heterocycles. The summed E-state index contributed by atoms with van der Waals surface area (Å²) in [5.74, 6) is 0. The van der Waals surface area contributed by atoms with Gasteiger partial charge in [-0.1, -0.05) is 12.1 Å². The third-order valence-electron chi connectivity index (χ3n) is 2.69. The molecule has 0 aliphatic carbocycles. The Morgan fingerprint density at radius 3 is 2.71 bits per heavy atom. The lowest BCUT2D eigenvalue weighted by Gasteiger charge is -2.26. The van der Waals surface area contributed by atoms with Crippen molar-refractivity contribution in [3.05, 3.63) is 29.8 Å². The summed E-state index contributed by atoms with van der Waals surface area (Å²) in [4.78, 5) is 2.16. The monoisotopic (exact) mass is 237 g/mol. The molecule has 3 nitrogen and oxygen atoms in total. The number of nitrogens with zero attached hydrogens (tertiary/aromatic N) is 1. The highest BCUT2D eigenvalue weighted by Gasteiger charge is 2.11. The van der Waals surface area contributed by atoms with E-state index in [0.29, 0.717) is 19.8 Å². The van der Waals surface area contributed by atoms with Gasteiger partial charge in [-0.05, 0) is 38.5 Å². The summed E-state index contributed by atoms with van der Waals surface area (Å²) in [5, 5.41) is 9.85. The zero-order valence-electron chi connectivity index (χ0n) is 11.0. The number of anilines is 1. The molecular formula is C14H23NO2. The van der Waals surface area contributed by atoms with Gasteiger partial charge in [0.25, 0.3) is 0 Å². The Bertz CT molecular complexity index is 328. The smallest absolute Gasteiger partial charge is 0.0947 e. The van der Waals surface area contributed by atoms with Crippen LogP contribution >= 0.6 is 0 Å². The van der Waals surface area contributed by atoms with Crippen molar-refractivity contribution in [2.75, 3.05) is 31.2 Å². The Balaban J connectivity index is 2.59. The maximum atomic E-state index is 9.85. The van der Waals surface area contributed by atoms with E-state index >= 15 is 0 Å². The first-order valence-electron chi connectivity index (χ1n) is 6.24. The second-order valence-electron chi connectivity index (χ2n) is 4.19. The number of hydrogen-bond donors (Lipinski definition) is 1. The first-order chi connectivity index (χ1) is 8.17. The summed E-state index contributed by atoms with van der Waals surface area (Å²) >= 11 is 0. The summed E-state index contributed by atoms with van der Waals surface area (Å²) in [7, 11) is 0. The fourth-order valence-electron chi connectivity index (χ4n) is 1.80. The Labute approximate surface area is 104 Å². The molecule has 1 rings (SSSR count). The van der Waals surface area contributed by atoms with Crippen molar-refractivity contribution in [3.63, 3.8) is 0 Å². The first-order valence-corrected chi connectivity index (χ1v) is 6.24. The molecule has 0 aromatic heterocycles. The average Bonchev–Trinajstić information content (AvgIpc) is 2.33. The molecule has 1 aromatic carbocycles. The minimum absolute atomic E-state index is 0.402. The molecular weight excluding hydrogens is 214 g/mol. The largest absolute Gasteiger partial charge is 0.389 e. The van der Waals surface area contributed by atoms with Crippen molar-refractivity contribution in [1.29, 1.82) is 0 Å². The van der Waals surface area contributed by atoms with E-state index < -0.39 is 6.10 Å². The van der Waals surface area contributed by atoms with E-state index in [1.165, 1.54) is 5.56 Å². The van der Waals surface area contributed by atoms with Crippen LogP contribution in [0.3, 0.4) is 0 Å². The molecule has 0 aliphatic rings. The number of benzene rings is 1. The fourth-order valence-corrected chi connectivity index (χ4v) is 1.80. The van der Waals surface area contributed by atoms with Crippen molar-refractivity contribution in [2.45, 2.75) is 26.9 Å². The highest BCUT2D eigenvalue weighted by Crippen LogP contribution is 2.15. The molecule has 0 fully saturated rings. The van der Waals surface area contributed by atoms with E-state index in [1.807, 2.05) is 13.0 Å². The van der Waals surface area contributed by atoms with Gasteiger partial charge in [-0.15, -0.1) is 0 Å². The van der Waals surface area contributed by atoms with Crippen molar-refractivity contribution in [1.82, 2.24) is 0 Å². The molecule has 1 unspecified atom stereocenters. The van der Waals surface area contributed by atoms with Gasteiger partial charge in [0.15, 0.2) is 0 Å². The SMILES string of the molecule is CCOCC(O)CN(CC)c1cccc(C)c1. The van der Waals surface area contributed by atoms with Gasteiger partial charge in [0, 0.05) is 25.4 Å². The topological polar surface area (TPSA) is 32.7 Å². The van der Waals surface area contributed by atoms with E-state index in [2.05, 4.69) is 36.9 Å². The lowest BCUT2D eigenvalue weighted by Crippen LogP contribution is -2.34. The minimum Gasteiger partial charge on any atom is -0.389 e. The van der Waals surface area contributed by atoms with Crippen LogP contribution in [0.15, 0.2) is 24.3 Å². The van der Waals surface area contributed by atoms with Gasteiger partial charge < -0.3 is 14.7 Å². The van der Waals surface area contributed by atoms with E-state index in [4.69, 9.17) is 4.74 Å². The molecule has 0 spiro atoms. The Morgan fingerprint density at radius 2 is 2.12 bits per heavy atom.